The fourth-order valence-electron chi connectivity index (χ4n) is 2.61. The van der Waals surface area contributed by atoms with Crippen LogP contribution in [0.3, 0.4) is 0 Å². The van der Waals surface area contributed by atoms with Gasteiger partial charge < -0.3 is 15.4 Å². The maximum Gasteiger partial charge on any atom is 0.387 e. The molecule has 1 atom stereocenters. The highest BCUT2D eigenvalue weighted by Crippen LogP contribution is 2.26. The van der Waals surface area contributed by atoms with Gasteiger partial charge in [0.2, 0.25) is 0 Å². The number of anilines is 1. The molecule has 2 rings (SSSR count). The number of rotatable bonds is 5. The molecule has 0 fully saturated rings. The number of hydrogen-bond donors (Lipinski definition) is 2. The van der Waals surface area contributed by atoms with Gasteiger partial charge in [0.1, 0.15) is 5.75 Å². The number of nitrogens with one attached hydrogen (secondary N) is 2. The number of nitrogens with zero attached hydrogens (tertiary/aromatic N) is 2. The summed E-state index contributed by atoms with van der Waals surface area (Å²) in [4.78, 5) is 12.2. The van der Waals surface area contributed by atoms with Crippen LogP contribution in [0.4, 0.5) is 19.3 Å². The first-order valence-electron chi connectivity index (χ1n) is 7.41. The van der Waals surface area contributed by atoms with Crippen LogP contribution in [0.15, 0.2) is 24.3 Å². The summed E-state index contributed by atoms with van der Waals surface area (Å²) in [6, 6.07) is 5.21. The number of aryl methyl sites for hydroxylation is 2. The lowest BCUT2D eigenvalue weighted by Crippen LogP contribution is -2.31. The molecular weight excluding hydrogens is 318 g/mol. The average Bonchev–Trinajstić information content (AvgIpc) is 2.73. The third kappa shape index (κ3) is 4.01. The van der Waals surface area contributed by atoms with Crippen LogP contribution in [-0.4, -0.2) is 22.4 Å². The molecule has 0 saturated heterocycles. The number of ether oxygens (including phenoxy) is 1. The van der Waals surface area contributed by atoms with Crippen LogP contribution < -0.4 is 15.4 Å². The molecule has 130 valence electrons. The summed E-state index contributed by atoms with van der Waals surface area (Å²) in [7, 11) is 1.83. The van der Waals surface area contributed by atoms with Gasteiger partial charge in [0.15, 0.2) is 0 Å². The van der Waals surface area contributed by atoms with E-state index in [9.17, 15) is 13.6 Å². The number of aromatic nitrogens is 2. The van der Waals surface area contributed by atoms with E-state index >= 15 is 0 Å². The lowest BCUT2D eigenvalue weighted by Gasteiger charge is -2.17. The number of urea groups is 1. The van der Waals surface area contributed by atoms with Crippen molar-refractivity contribution in [1.29, 1.82) is 0 Å². The molecule has 1 aromatic carbocycles. The van der Waals surface area contributed by atoms with Gasteiger partial charge in [-0.25, -0.2) is 4.79 Å². The maximum atomic E-state index is 12.4. The van der Waals surface area contributed by atoms with Gasteiger partial charge >= 0.3 is 12.6 Å². The van der Waals surface area contributed by atoms with E-state index in [0.717, 1.165) is 17.0 Å². The van der Waals surface area contributed by atoms with Crippen molar-refractivity contribution in [3.05, 3.63) is 41.2 Å². The molecule has 2 amide bonds. The molecule has 2 aromatic rings. The number of carbonyl (C=O) groups excluding carboxylic acids is 1. The second-order valence-corrected chi connectivity index (χ2v) is 5.40. The second kappa shape index (κ2) is 7.29. The van der Waals surface area contributed by atoms with Gasteiger partial charge in [-0.2, -0.15) is 13.9 Å². The number of para-hydroxylation sites is 2. The number of carbonyl (C=O) groups is 1. The first-order chi connectivity index (χ1) is 11.3. The minimum Gasteiger partial charge on any atom is -0.433 e. The van der Waals surface area contributed by atoms with Crippen LogP contribution in [0.5, 0.6) is 5.75 Å². The number of amides is 2. The molecule has 2 N–H and O–H groups in total. The van der Waals surface area contributed by atoms with Gasteiger partial charge in [0, 0.05) is 18.3 Å². The van der Waals surface area contributed by atoms with Crippen LogP contribution in [0.25, 0.3) is 0 Å². The Morgan fingerprint density at radius 1 is 1.29 bits per heavy atom. The van der Waals surface area contributed by atoms with Crippen molar-refractivity contribution >= 4 is 11.7 Å². The topological polar surface area (TPSA) is 68.2 Å². The highest BCUT2D eigenvalue weighted by molar-refractivity contribution is 5.91. The summed E-state index contributed by atoms with van der Waals surface area (Å²) < 4.78 is 30.9. The van der Waals surface area contributed by atoms with Crippen LogP contribution in [-0.2, 0) is 7.05 Å². The van der Waals surface area contributed by atoms with Crippen LogP contribution in [0, 0.1) is 13.8 Å². The third-order valence-electron chi connectivity index (χ3n) is 3.70. The zero-order valence-electron chi connectivity index (χ0n) is 13.9. The van der Waals surface area contributed by atoms with Gasteiger partial charge in [-0.15, -0.1) is 0 Å². The number of hydrogen-bond acceptors (Lipinski definition) is 3. The minimum absolute atomic E-state index is 0.0935. The Labute approximate surface area is 138 Å². The zero-order valence-corrected chi connectivity index (χ0v) is 13.9. The highest BCUT2D eigenvalue weighted by atomic mass is 19.3. The van der Waals surface area contributed by atoms with E-state index in [-0.39, 0.29) is 17.5 Å². The van der Waals surface area contributed by atoms with Crippen molar-refractivity contribution in [2.75, 3.05) is 5.32 Å². The molecule has 24 heavy (non-hydrogen) atoms. The van der Waals surface area contributed by atoms with Gasteiger partial charge in [-0.3, -0.25) is 4.68 Å². The fraction of sp³-hybridized carbons (Fsp3) is 0.375. The van der Waals surface area contributed by atoms with Crippen LogP contribution in [0.2, 0.25) is 0 Å². The normalized spacial score (nSPS) is 12.1. The molecule has 0 unspecified atom stereocenters. The maximum absolute atomic E-state index is 12.4. The molecular formula is C16H20F2N4O2. The molecule has 0 spiro atoms. The Morgan fingerprint density at radius 2 is 1.96 bits per heavy atom. The molecule has 0 aliphatic rings. The first-order valence-corrected chi connectivity index (χ1v) is 7.41. The molecule has 8 heteroatoms. The second-order valence-electron chi connectivity index (χ2n) is 5.40. The lowest BCUT2D eigenvalue weighted by molar-refractivity contribution is -0.0493. The molecule has 0 aliphatic carbocycles. The van der Waals surface area contributed by atoms with Gasteiger partial charge in [-0.1, -0.05) is 12.1 Å². The van der Waals surface area contributed by atoms with Crippen molar-refractivity contribution in [2.24, 2.45) is 7.05 Å². The minimum atomic E-state index is -2.96. The van der Waals surface area contributed by atoms with E-state index in [2.05, 4.69) is 20.5 Å². The number of benzene rings is 1. The fourth-order valence-corrected chi connectivity index (χ4v) is 2.61. The lowest BCUT2D eigenvalue weighted by atomic mass is 10.1. The summed E-state index contributed by atoms with van der Waals surface area (Å²) >= 11 is 0. The van der Waals surface area contributed by atoms with E-state index in [0.29, 0.717) is 0 Å². The number of alkyl halides is 2. The SMILES string of the molecule is Cc1nn(C)c(C)c1[C@H](C)NC(=O)Nc1ccccc1OC(F)F. The molecule has 6 nitrogen and oxygen atoms in total. The van der Waals surface area contributed by atoms with Crippen LogP contribution >= 0.6 is 0 Å². The predicted octanol–water partition coefficient (Wildman–Crippen LogP) is 3.52. The summed E-state index contributed by atoms with van der Waals surface area (Å²) in [5.74, 6) is -0.0935. The van der Waals surface area contributed by atoms with Gasteiger partial charge in [0.05, 0.1) is 17.4 Å². The molecule has 0 radical (unpaired) electrons. The molecule has 0 saturated carbocycles. The predicted molar refractivity (Wildman–Crippen MR) is 86.3 cm³/mol. The Bertz CT molecular complexity index is 731. The summed E-state index contributed by atoms with van der Waals surface area (Å²) in [6.45, 7) is 2.65. The van der Waals surface area contributed by atoms with E-state index in [1.54, 1.807) is 16.8 Å². The Morgan fingerprint density at radius 3 is 2.54 bits per heavy atom. The standard InChI is InChI=1S/C16H20F2N4O2/c1-9(14-10(2)21-22(4)11(14)3)19-16(23)20-12-7-5-6-8-13(12)24-15(17)18/h5-9,15H,1-4H3,(H2,19,20,23)/t9-/m0/s1. The van der Waals surface area contributed by atoms with Gasteiger partial charge in [0.25, 0.3) is 0 Å². The highest BCUT2D eigenvalue weighted by Gasteiger charge is 2.19. The Balaban J connectivity index is 2.08. The monoisotopic (exact) mass is 338 g/mol. The van der Waals surface area contributed by atoms with Crippen molar-refractivity contribution < 1.29 is 18.3 Å². The molecule has 1 heterocycles. The zero-order chi connectivity index (χ0) is 17.9. The first kappa shape index (κ1) is 17.7. The average molecular weight is 338 g/mol. The number of halogens is 2. The quantitative estimate of drug-likeness (QED) is 0.876. The van der Waals surface area contributed by atoms with E-state index < -0.39 is 12.6 Å². The molecule has 1 aromatic heterocycles. The van der Waals surface area contributed by atoms with Crippen molar-refractivity contribution in [2.45, 2.75) is 33.4 Å². The van der Waals surface area contributed by atoms with Crippen LogP contribution in [0.1, 0.15) is 29.9 Å². The molecule has 0 aliphatic heterocycles. The summed E-state index contributed by atoms with van der Waals surface area (Å²) in [5.41, 5.74) is 2.86. The Kier molecular flexibility index (Phi) is 5.38. The summed E-state index contributed by atoms with van der Waals surface area (Å²) in [6.07, 6.45) is 0. The van der Waals surface area contributed by atoms with E-state index in [1.165, 1.54) is 12.1 Å². The van der Waals surface area contributed by atoms with Crippen molar-refractivity contribution in [1.82, 2.24) is 15.1 Å². The van der Waals surface area contributed by atoms with Crippen molar-refractivity contribution in [3.8, 4) is 5.75 Å². The van der Waals surface area contributed by atoms with Gasteiger partial charge in [-0.05, 0) is 32.9 Å². The smallest absolute Gasteiger partial charge is 0.387 e. The largest absolute Gasteiger partial charge is 0.433 e. The van der Waals surface area contributed by atoms with Crippen molar-refractivity contribution in [3.63, 3.8) is 0 Å². The third-order valence-corrected chi connectivity index (χ3v) is 3.70. The van der Waals surface area contributed by atoms with E-state index in [1.807, 2.05) is 27.8 Å². The summed E-state index contributed by atoms with van der Waals surface area (Å²) in [5, 5.41) is 9.61. The Hall–Kier alpha value is -2.64. The molecule has 0 bridgehead atoms. The van der Waals surface area contributed by atoms with E-state index in [4.69, 9.17) is 0 Å².